The van der Waals surface area contributed by atoms with Crippen LogP contribution in [0.15, 0.2) is 46.2 Å². The molecule has 0 spiro atoms. The molecule has 0 unspecified atom stereocenters. The van der Waals surface area contributed by atoms with Gasteiger partial charge in [0.25, 0.3) is 0 Å². The molecule has 0 radical (unpaired) electrons. The normalized spacial score (nSPS) is 10.5. The molecule has 15 heavy (non-hydrogen) atoms. The van der Waals surface area contributed by atoms with Crippen molar-refractivity contribution in [3.8, 4) is 0 Å². The topological polar surface area (TPSA) is 52.0 Å². The van der Waals surface area contributed by atoms with E-state index in [2.05, 4.69) is 4.98 Å². The van der Waals surface area contributed by atoms with Crippen molar-refractivity contribution in [3.63, 3.8) is 0 Å². The Balaban J connectivity index is 2.04. The molecule has 0 aliphatic carbocycles. The fourth-order valence-electron chi connectivity index (χ4n) is 1.25. The number of hydrogen-bond donors (Lipinski definition) is 1. The highest BCUT2D eigenvalue weighted by molar-refractivity contribution is 7.98. The SMILES string of the molecule is NCc1ccncc1SCc1ccco1. The molecule has 2 rings (SSSR count). The molecular formula is C11H12N2OS. The van der Waals surface area contributed by atoms with E-state index in [1.165, 1.54) is 0 Å². The second-order valence-corrected chi connectivity index (χ2v) is 4.07. The Morgan fingerprint density at radius 3 is 3.07 bits per heavy atom. The van der Waals surface area contributed by atoms with Gasteiger partial charge < -0.3 is 10.2 Å². The van der Waals surface area contributed by atoms with Crippen molar-refractivity contribution in [1.29, 1.82) is 0 Å². The number of thioether (sulfide) groups is 1. The first-order chi connectivity index (χ1) is 7.40. The zero-order chi connectivity index (χ0) is 10.5. The molecule has 0 aliphatic rings. The lowest BCUT2D eigenvalue weighted by molar-refractivity contribution is 0.530. The fraction of sp³-hybridized carbons (Fsp3) is 0.182. The van der Waals surface area contributed by atoms with Gasteiger partial charge in [0.2, 0.25) is 0 Å². The van der Waals surface area contributed by atoms with Crippen LogP contribution in [0, 0.1) is 0 Å². The second kappa shape index (κ2) is 5.00. The van der Waals surface area contributed by atoms with Crippen molar-refractivity contribution in [2.45, 2.75) is 17.2 Å². The molecular weight excluding hydrogens is 208 g/mol. The summed E-state index contributed by atoms with van der Waals surface area (Å²) in [7, 11) is 0. The average molecular weight is 220 g/mol. The second-order valence-electron chi connectivity index (χ2n) is 3.06. The van der Waals surface area contributed by atoms with Crippen LogP contribution in [-0.4, -0.2) is 4.98 Å². The van der Waals surface area contributed by atoms with Crippen LogP contribution in [0.1, 0.15) is 11.3 Å². The van der Waals surface area contributed by atoms with Crippen LogP contribution >= 0.6 is 11.8 Å². The molecule has 2 N–H and O–H groups in total. The Kier molecular flexibility index (Phi) is 3.42. The molecule has 0 aliphatic heterocycles. The Morgan fingerprint density at radius 2 is 2.33 bits per heavy atom. The minimum absolute atomic E-state index is 0.545. The molecule has 0 bridgehead atoms. The number of pyridine rings is 1. The van der Waals surface area contributed by atoms with Crippen molar-refractivity contribution in [1.82, 2.24) is 4.98 Å². The molecule has 78 valence electrons. The van der Waals surface area contributed by atoms with Crippen LogP contribution < -0.4 is 5.73 Å². The van der Waals surface area contributed by atoms with Gasteiger partial charge in [-0.25, -0.2) is 0 Å². The summed E-state index contributed by atoms with van der Waals surface area (Å²) in [6.07, 6.45) is 5.29. The van der Waals surface area contributed by atoms with E-state index in [-0.39, 0.29) is 0 Å². The first kappa shape index (κ1) is 10.3. The Labute approximate surface area is 92.7 Å². The summed E-state index contributed by atoms with van der Waals surface area (Å²) in [5.74, 6) is 1.78. The molecule has 0 atom stereocenters. The molecule has 0 aromatic carbocycles. The Bertz CT molecular complexity index is 414. The number of nitrogens with zero attached hydrogens (tertiary/aromatic N) is 1. The van der Waals surface area contributed by atoms with E-state index in [9.17, 15) is 0 Å². The summed E-state index contributed by atoms with van der Waals surface area (Å²) in [5, 5.41) is 0. The Hall–Kier alpha value is -1.26. The number of aromatic nitrogens is 1. The zero-order valence-corrected chi connectivity index (χ0v) is 9.04. The molecule has 0 fully saturated rings. The lowest BCUT2D eigenvalue weighted by Gasteiger charge is -2.04. The van der Waals surface area contributed by atoms with Crippen molar-refractivity contribution < 1.29 is 4.42 Å². The number of rotatable bonds is 4. The summed E-state index contributed by atoms with van der Waals surface area (Å²) in [6, 6.07) is 5.80. The van der Waals surface area contributed by atoms with Gasteiger partial charge in [0.15, 0.2) is 0 Å². The van der Waals surface area contributed by atoms with Gasteiger partial charge in [-0.05, 0) is 23.8 Å². The van der Waals surface area contributed by atoms with Gasteiger partial charge in [0.1, 0.15) is 5.76 Å². The van der Waals surface area contributed by atoms with Crippen LogP contribution in [0.4, 0.5) is 0 Å². The average Bonchev–Trinajstić information content (AvgIpc) is 2.79. The van der Waals surface area contributed by atoms with Crippen molar-refractivity contribution in [3.05, 3.63) is 48.2 Å². The predicted molar refractivity (Wildman–Crippen MR) is 60.4 cm³/mol. The van der Waals surface area contributed by atoms with Crippen LogP contribution in [0.3, 0.4) is 0 Å². The summed E-state index contributed by atoms with van der Waals surface area (Å²) in [6.45, 7) is 0.545. The maximum Gasteiger partial charge on any atom is 0.113 e. The van der Waals surface area contributed by atoms with E-state index in [0.717, 1.165) is 22.0 Å². The molecule has 4 heteroatoms. The van der Waals surface area contributed by atoms with Gasteiger partial charge >= 0.3 is 0 Å². The molecule has 2 aromatic heterocycles. The summed E-state index contributed by atoms with van der Waals surface area (Å²) in [5.41, 5.74) is 6.76. The molecule has 3 nitrogen and oxygen atoms in total. The first-order valence-electron chi connectivity index (χ1n) is 4.68. The molecule has 0 saturated heterocycles. The lowest BCUT2D eigenvalue weighted by Crippen LogP contribution is -1.98. The van der Waals surface area contributed by atoms with Gasteiger partial charge in [0.05, 0.1) is 12.0 Å². The highest BCUT2D eigenvalue weighted by Crippen LogP contribution is 2.25. The van der Waals surface area contributed by atoms with Crippen molar-refractivity contribution in [2.24, 2.45) is 5.73 Å². The minimum Gasteiger partial charge on any atom is -0.468 e. The monoisotopic (exact) mass is 220 g/mol. The van der Waals surface area contributed by atoms with E-state index < -0.39 is 0 Å². The van der Waals surface area contributed by atoms with Gasteiger partial charge in [-0.1, -0.05) is 0 Å². The van der Waals surface area contributed by atoms with Gasteiger partial charge in [-0.3, -0.25) is 4.98 Å². The molecule has 2 heterocycles. The Morgan fingerprint density at radius 1 is 1.40 bits per heavy atom. The zero-order valence-electron chi connectivity index (χ0n) is 8.22. The number of furan rings is 1. The van der Waals surface area contributed by atoms with Crippen LogP contribution in [0.2, 0.25) is 0 Å². The van der Waals surface area contributed by atoms with Gasteiger partial charge in [-0.2, -0.15) is 0 Å². The van der Waals surface area contributed by atoms with Gasteiger partial charge in [0, 0.05) is 23.8 Å². The van der Waals surface area contributed by atoms with E-state index in [1.54, 1.807) is 24.2 Å². The van der Waals surface area contributed by atoms with Crippen LogP contribution in [-0.2, 0) is 12.3 Å². The standard InChI is InChI=1S/C11H12N2OS/c12-6-9-3-4-13-7-11(9)15-8-10-2-1-5-14-10/h1-5,7H,6,8,12H2. The van der Waals surface area contributed by atoms with E-state index in [0.29, 0.717) is 6.54 Å². The summed E-state index contributed by atoms with van der Waals surface area (Å²) >= 11 is 1.69. The molecule has 0 amide bonds. The predicted octanol–water partition coefficient (Wildman–Crippen LogP) is 2.43. The van der Waals surface area contributed by atoms with Crippen molar-refractivity contribution in [2.75, 3.05) is 0 Å². The quantitative estimate of drug-likeness (QED) is 0.804. The third-order valence-corrected chi connectivity index (χ3v) is 3.15. The van der Waals surface area contributed by atoms with E-state index in [1.807, 2.05) is 24.4 Å². The summed E-state index contributed by atoms with van der Waals surface area (Å²) < 4.78 is 5.26. The highest BCUT2D eigenvalue weighted by Gasteiger charge is 2.03. The summed E-state index contributed by atoms with van der Waals surface area (Å²) in [4.78, 5) is 5.21. The lowest BCUT2D eigenvalue weighted by atomic mass is 10.3. The number of nitrogens with two attached hydrogens (primary N) is 1. The highest BCUT2D eigenvalue weighted by atomic mass is 32.2. The van der Waals surface area contributed by atoms with Crippen LogP contribution in [0.25, 0.3) is 0 Å². The maximum absolute atomic E-state index is 5.64. The van der Waals surface area contributed by atoms with Crippen LogP contribution in [0.5, 0.6) is 0 Å². The maximum atomic E-state index is 5.64. The van der Waals surface area contributed by atoms with E-state index >= 15 is 0 Å². The first-order valence-corrected chi connectivity index (χ1v) is 5.67. The van der Waals surface area contributed by atoms with E-state index in [4.69, 9.17) is 10.2 Å². The minimum atomic E-state index is 0.545. The third-order valence-electron chi connectivity index (χ3n) is 2.04. The molecule has 0 saturated carbocycles. The smallest absolute Gasteiger partial charge is 0.113 e. The molecule has 2 aromatic rings. The number of hydrogen-bond acceptors (Lipinski definition) is 4. The van der Waals surface area contributed by atoms with Crippen molar-refractivity contribution >= 4 is 11.8 Å². The van der Waals surface area contributed by atoms with Gasteiger partial charge in [-0.15, -0.1) is 11.8 Å². The largest absolute Gasteiger partial charge is 0.468 e. The third kappa shape index (κ3) is 2.61. The fourth-order valence-corrected chi connectivity index (χ4v) is 2.19.